The van der Waals surface area contributed by atoms with E-state index in [0.717, 1.165) is 6.42 Å². The van der Waals surface area contributed by atoms with E-state index in [9.17, 15) is 8.42 Å². The maximum Gasteiger partial charge on any atom is 0.152 e. The van der Waals surface area contributed by atoms with E-state index in [1.807, 2.05) is 13.8 Å². The summed E-state index contributed by atoms with van der Waals surface area (Å²) in [5.74, 6) is 0.449. The first-order valence-electron chi connectivity index (χ1n) is 3.77. The van der Waals surface area contributed by atoms with Crippen LogP contribution in [0, 0.1) is 5.41 Å². The highest BCUT2D eigenvalue weighted by molar-refractivity contribution is 7.91. The average Bonchev–Trinajstić information content (AvgIpc) is 1.49. The van der Waals surface area contributed by atoms with Gasteiger partial charge in [-0.15, -0.1) is 0 Å². The number of hydrogen-bond acceptors (Lipinski definition) is 3. The Kier molecular flexibility index (Phi) is 2.01. The summed E-state index contributed by atoms with van der Waals surface area (Å²) in [5.41, 5.74) is 5.48. The molecule has 2 N–H and O–H groups in total. The first-order valence-corrected chi connectivity index (χ1v) is 5.59. The van der Waals surface area contributed by atoms with Crippen LogP contribution in [0.5, 0.6) is 0 Å². The SMILES string of the molecule is CC1(C)CC(N)CS(=O)(=O)C1. The minimum atomic E-state index is -2.86. The lowest BCUT2D eigenvalue weighted by Gasteiger charge is -2.32. The first kappa shape index (κ1) is 9.00. The van der Waals surface area contributed by atoms with Crippen LogP contribution in [0.1, 0.15) is 20.3 Å². The van der Waals surface area contributed by atoms with E-state index >= 15 is 0 Å². The van der Waals surface area contributed by atoms with Crippen molar-refractivity contribution in [2.24, 2.45) is 11.1 Å². The van der Waals surface area contributed by atoms with Crippen LogP contribution in [0.15, 0.2) is 0 Å². The van der Waals surface area contributed by atoms with Crippen molar-refractivity contribution in [3.63, 3.8) is 0 Å². The predicted octanol–water partition coefficient (Wildman–Crippen LogP) is 0.158. The lowest BCUT2D eigenvalue weighted by Crippen LogP contribution is -2.44. The van der Waals surface area contributed by atoms with Crippen LogP contribution in [0.3, 0.4) is 0 Å². The molecule has 0 aromatic rings. The number of hydrogen-bond donors (Lipinski definition) is 1. The maximum atomic E-state index is 11.2. The molecule has 0 radical (unpaired) electrons. The van der Waals surface area contributed by atoms with Gasteiger partial charge in [-0.25, -0.2) is 8.42 Å². The molecule has 1 heterocycles. The molecule has 1 fully saturated rings. The number of rotatable bonds is 0. The zero-order chi connectivity index (χ0) is 8.70. The third kappa shape index (κ3) is 2.45. The lowest BCUT2D eigenvalue weighted by molar-refractivity contribution is 0.334. The van der Waals surface area contributed by atoms with E-state index in [2.05, 4.69) is 0 Å². The summed E-state index contributed by atoms with van der Waals surface area (Å²) < 4.78 is 22.4. The summed E-state index contributed by atoms with van der Waals surface area (Å²) >= 11 is 0. The van der Waals surface area contributed by atoms with Crippen molar-refractivity contribution in [3.05, 3.63) is 0 Å². The summed E-state index contributed by atoms with van der Waals surface area (Å²) in [5, 5.41) is 0. The minimum Gasteiger partial charge on any atom is -0.327 e. The van der Waals surface area contributed by atoms with Gasteiger partial charge in [0.1, 0.15) is 0 Å². The lowest BCUT2D eigenvalue weighted by atomic mass is 9.88. The van der Waals surface area contributed by atoms with Gasteiger partial charge in [0.15, 0.2) is 9.84 Å². The molecule has 1 atom stereocenters. The molecule has 1 aliphatic heterocycles. The molecule has 4 heteroatoms. The van der Waals surface area contributed by atoms with Gasteiger partial charge in [-0.2, -0.15) is 0 Å². The van der Waals surface area contributed by atoms with Crippen molar-refractivity contribution >= 4 is 9.84 Å². The molecule has 0 aliphatic carbocycles. The fraction of sp³-hybridized carbons (Fsp3) is 1.00. The third-order valence-corrected chi connectivity index (χ3v) is 4.05. The minimum absolute atomic E-state index is 0.128. The highest BCUT2D eigenvalue weighted by Crippen LogP contribution is 2.29. The second kappa shape index (κ2) is 2.45. The van der Waals surface area contributed by atoms with Crippen LogP contribution in [-0.4, -0.2) is 26.0 Å². The molecule has 1 unspecified atom stereocenters. The summed E-state index contributed by atoms with van der Waals surface area (Å²) in [4.78, 5) is 0. The standard InChI is InChI=1S/C7H15NO2S/c1-7(2)3-6(8)4-11(9,10)5-7/h6H,3-5,8H2,1-2H3. The molecule has 0 amide bonds. The normalized spacial score (nSPS) is 35.0. The van der Waals surface area contributed by atoms with Gasteiger partial charge >= 0.3 is 0 Å². The van der Waals surface area contributed by atoms with Crippen LogP contribution in [0.2, 0.25) is 0 Å². The zero-order valence-corrected chi connectivity index (χ0v) is 7.82. The fourth-order valence-electron chi connectivity index (χ4n) is 1.81. The third-order valence-electron chi connectivity index (χ3n) is 1.89. The Hall–Kier alpha value is -0.0900. The van der Waals surface area contributed by atoms with E-state index < -0.39 is 9.84 Å². The summed E-state index contributed by atoms with van der Waals surface area (Å²) in [6.45, 7) is 3.90. The van der Waals surface area contributed by atoms with Crippen molar-refractivity contribution < 1.29 is 8.42 Å². The Balaban J connectivity index is 2.83. The second-order valence-corrected chi connectivity index (χ2v) is 6.29. The largest absolute Gasteiger partial charge is 0.327 e. The molecule has 1 saturated heterocycles. The van der Waals surface area contributed by atoms with Gasteiger partial charge < -0.3 is 5.73 Å². The molecule has 1 rings (SSSR count). The first-order chi connectivity index (χ1) is 4.81. The number of nitrogens with two attached hydrogens (primary N) is 1. The summed E-state index contributed by atoms with van der Waals surface area (Å²) in [6.07, 6.45) is 0.812. The zero-order valence-electron chi connectivity index (χ0n) is 7.00. The highest BCUT2D eigenvalue weighted by atomic mass is 32.2. The van der Waals surface area contributed by atoms with Gasteiger partial charge in [-0.05, 0) is 11.8 Å². The Labute approximate surface area is 67.9 Å². The molecular formula is C7H15NO2S. The van der Waals surface area contributed by atoms with E-state index in [-0.39, 0.29) is 23.0 Å². The van der Waals surface area contributed by atoms with Gasteiger partial charge in [-0.3, -0.25) is 0 Å². The van der Waals surface area contributed by atoms with Crippen LogP contribution in [0.4, 0.5) is 0 Å². The van der Waals surface area contributed by atoms with Crippen molar-refractivity contribution in [3.8, 4) is 0 Å². The smallest absolute Gasteiger partial charge is 0.152 e. The van der Waals surface area contributed by atoms with E-state index in [4.69, 9.17) is 5.73 Å². The van der Waals surface area contributed by atoms with Gasteiger partial charge in [0.05, 0.1) is 11.5 Å². The fourth-order valence-corrected chi connectivity index (χ4v) is 4.00. The molecule has 11 heavy (non-hydrogen) atoms. The Bertz CT molecular complexity index is 243. The molecule has 0 saturated carbocycles. The Morgan fingerprint density at radius 2 is 2.00 bits per heavy atom. The van der Waals surface area contributed by atoms with Gasteiger partial charge in [-0.1, -0.05) is 13.8 Å². The molecule has 1 aliphatic rings. The topological polar surface area (TPSA) is 60.2 Å². The van der Waals surface area contributed by atoms with Crippen molar-refractivity contribution in [1.29, 1.82) is 0 Å². The van der Waals surface area contributed by atoms with Crippen molar-refractivity contribution in [1.82, 2.24) is 0 Å². The van der Waals surface area contributed by atoms with E-state index in [1.165, 1.54) is 0 Å². The molecule has 0 spiro atoms. The quantitative estimate of drug-likeness (QED) is 0.573. The predicted molar refractivity (Wildman–Crippen MR) is 45.0 cm³/mol. The highest BCUT2D eigenvalue weighted by Gasteiger charge is 2.34. The van der Waals surface area contributed by atoms with Gasteiger partial charge in [0, 0.05) is 6.04 Å². The van der Waals surface area contributed by atoms with E-state index in [1.54, 1.807) is 0 Å². The van der Waals surface area contributed by atoms with E-state index in [0.29, 0.717) is 0 Å². The van der Waals surface area contributed by atoms with Crippen LogP contribution >= 0.6 is 0 Å². The maximum absolute atomic E-state index is 11.2. The molecule has 0 bridgehead atoms. The molecule has 3 nitrogen and oxygen atoms in total. The molecule has 66 valence electrons. The summed E-state index contributed by atoms with van der Waals surface area (Å²) in [6, 6.07) is -0.163. The summed E-state index contributed by atoms with van der Waals surface area (Å²) in [7, 11) is -2.86. The Morgan fingerprint density at radius 1 is 1.45 bits per heavy atom. The van der Waals surface area contributed by atoms with Crippen molar-refractivity contribution in [2.45, 2.75) is 26.3 Å². The molecule has 0 aromatic heterocycles. The number of sulfone groups is 1. The second-order valence-electron chi connectivity index (χ2n) is 4.18. The molecule has 0 aromatic carbocycles. The average molecular weight is 177 g/mol. The van der Waals surface area contributed by atoms with Crippen LogP contribution < -0.4 is 5.73 Å². The monoisotopic (exact) mass is 177 g/mol. The van der Waals surface area contributed by atoms with Crippen LogP contribution in [-0.2, 0) is 9.84 Å². The van der Waals surface area contributed by atoms with Gasteiger partial charge in [0.2, 0.25) is 0 Å². The Morgan fingerprint density at radius 3 is 2.36 bits per heavy atom. The molecular weight excluding hydrogens is 162 g/mol. The van der Waals surface area contributed by atoms with Crippen LogP contribution in [0.25, 0.3) is 0 Å². The van der Waals surface area contributed by atoms with Gasteiger partial charge in [0.25, 0.3) is 0 Å². The van der Waals surface area contributed by atoms with Crippen molar-refractivity contribution in [2.75, 3.05) is 11.5 Å².